The molecule has 9 nitrogen and oxygen atoms in total. The lowest BCUT2D eigenvalue weighted by Crippen LogP contribution is -2.54. The predicted octanol–water partition coefficient (Wildman–Crippen LogP) is 0.512. The molecule has 0 radical (unpaired) electrons. The molecule has 148 valence electrons. The summed E-state index contributed by atoms with van der Waals surface area (Å²) >= 11 is 0. The van der Waals surface area contributed by atoms with Crippen LogP contribution in [0.2, 0.25) is 0 Å². The number of hydrogen-bond acceptors (Lipinski definition) is 6. The maximum atomic E-state index is 12.9. The Kier molecular flexibility index (Phi) is 5.84. The molecule has 0 aromatic heterocycles. The minimum absolute atomic E-state index is 0.0738. The Hall–Kier alpha value is -3.07. The van der Waals surface area contributed by atoms with Crippen LogP contribution in [0.3, 0.4) is 0 Å². The van der Waals surface area contributed by atoms with E-state index < -0.39 is 35.6 Å². The minimum atomic E-state index is -0.989. The van der Waals surface area contributed by atoms with Crippen molar-refractivity contribution < 1.29 is 33.8 Å². The van der Waals surface area contributed by atoms with Gasteiger partial charge in [-0.05, 0) is 30.9 Å². The quantitative estimate of drug-likeness (QED) is 0.490. The molecule has 9 heteroatoms. The first-order valence-corrected chi connectivity index (χ1v) is 9.03. The van der Waals surface area contributed by atoms with Gasteiger partial charge in [0.1, 0.15) is 6.04 Å². The number of rotatable bonds is 8. The van der Waals surface area contributed by atoms with E-state index in [1.54, 1.807) is 18.2 Å². The molecule has 2 N–H and O–H groups in total. The van der Waals surface area contributed by atoms with Crippen LogP contribution >= 0.6 is 0 Å². The average molecular weight is 388 g/mol. The lowest BCUT2D eigenvalue weighted by Gasteiger charge is -2.27. The van der Waals surface area contributed by atoms with Crippen molar-refractivity contribution in [3.05, 3.63) is 34.9 Å². The number of carbonyl (C=O) groups is 5. The summed E-state index contributed by atoms with van der Waals surface area (Å²) in [6, 6.07) is 3.99. The van der Waals surface area contributed by atoms with E-state index in [0.29, 0.717) is 25.0 Å². The monoisotopic (exact) mass is 388 g/mol. The highest BCUT2D eigenvalue weighted by Gasteiger charge is 2.45. The van der Waals surface area contributed by atoms with Gasteiger partial charge in [-0.25, -0.2) is 0 Å². The smallest absolute Gasteiger partial charge is 0.305 e. The average Bonchev–Trinajstić information content (AvgIpc) is 2.90. The van der Waals surface area contributed by atoms with Gasteiger partial charge in [0, 0.05) is 13.0 Å². The van der Waals surface area contributed by atoms with Crippen LogP contribution in [-0.2, 0) is 25.5 Å². The highest BCUT2D eigenvalue weighted by molar-refractivity contribution is 6.24. The summed E-state index contributed by atoms with van der Waals surface area (Å²) < 4.78 is 5.25. The SMILES string of the molecule is O=C(O)CCOCCCc1cccc2c1C(=O)N(C1CCC(=O)NC1=O)C2=O. The second-order valence-electron chi connectivity index (χ2n) is 6.65. The molecule has 3 rings (SSSR count). The first kappa shape index (κ1) is 19.7. The zero-order valence-corrected chi connectivity index (χ0v) is 15.1. The highest BCUT2D eigenvalue weighted by atomic mass is 16.5. The zero-order valence-electron chi connectivity index (χ0n) is 15.1. The summed E-state index contributed by atoms with van der Waals surface area (Å²) in [5.41, 5.74) is 1.20. The second kappa shape index (κ2) is 8.30. The molecule has 0 spiro atoms. The van der Waals surface area contributed by atoms with E-state index in [-0.39, 0.29) is 37.0 Å². The number of amides is 4. The first-order chi connectivity index (χ1) is 13.4. The van der Waals surface area contributed by atoms with Crippen LogP contribution in [0.15, 0.2) is 18.2 Å². The van der Waals surface area contributed by atoms with E-state index in [1.807, 2.05) is 0 Å². The van der Waals surface area contributed by atoms with Gasteiger partial charge in [0.2, 0.25) is 11.8 Å². The number of aryl methyl sites for hydroxylation is 1. The Morgan fingerprint density at radius 1 is 1.18 bits per heavy atom. The van der Waals surface area contributed by atoms with Gasteiger partial charge in [-0.1, -0.05) is 12.1 Å². The van der Waals surface area contributed by atoms with Gasteiger partial charge in [-0.2, -0.15) is 0 Å². The van der Waals surface area contributed by atoms with Crippen molar-refractivity contribution in [2.24, 2.45) is 0 Å². The second-order valence-corrected chi connectivity index (χ2v) is 6.65. The Bertz CT molecular complexity index is 849. The molecule has 2 aliphatic rings. The fraction of sp³-hybridized carbons (Fsp3) is 0.421. The molecule has 2 heterocycles. The summed E-state index contributed by atoms with van der Waals surface area (Å²) in [7, 11) is 0. The normalized spacial score (nSPS) is 19.0. The maximum absolute atomic E-state index is 12.9. The number of carboxylic acid groups (broad SMARTS) is 1. The molecule has 1 aromatic carbocycles. The van der Waals surface area contributed by atoms with Crippen LogP contribution in [0.5, 0.6) is 0 Å². The van der Waals surface area contributed by atoms with Gasteiger partial charge in [0.15, 0.2) is 0 Å². The van der Waals surface area contributed by atoms with Crippen molar-refractivity contribution in [2.45, 2.75) is 38.1 Å². The van der Waals surface area contributed by atoms with E-state index in [2.05, 4.69) is 5.32 Å². The Morgan fingerprint density at radius 3 is 2.68 bits per heavy atom. The molecule has 1 fully saturated rings. The number of nitrogens with one attached hydrogen (secondary N) is 1. The fourth-order valence-corrected chi connectivity index (χ4v) is 3.42. The number of imide groups is 2. The molecule has 0 bridgehead atoms. The van der Waals surface area contributed by atoms with E-state index in [4.69, 9.17) is 9.84 Å². The van der Waals surface area contributed by atoms with Crippen LogP contribution in [0.1, 0.15) is 52.0 Å². The Labute approximate surface area is 160 Å². The topological polar surface area (TPSA) is 130 Å². The summed E-state index contributed by atoms with van der Waals surface area (Å²) in [5, 5.41) is 10.7. The third kappa shape index (κ3) is 3.94. The lowest BCUT2D eigenvalue weighted by molar-refractivity contribution is -0.138. The zero-order chi connectivity index (χ0) is 20.3. The largest absolute Gasteiger partial charge is 0.481 e. The number of hydrogen-bond donors (Lipinski definition) is 2. The molecule has 1 unspecified atom stereocenters. The van der Waals surface area contributed by atoms with Crippen LogP contribution in [0.4, 0.5) is 0 Å². The van der Waals surface area contributed by atoms with E-state index in [1.165, 1.54) is 0 Å². The van der Waals surface area contributed by atoms with E-state index >= 15 is 0 Å². The molecule has 0 aliphatic carbocycles. The molecule has 1 aromatic rings. The number of fused-ring (bicyclic) bond motifs is 1. The van der Waals surface area contributed by atoms with Crippen molar-refractivity contribution in [3.63, 3.8) is 0 Å². The molecular weight excluding hydrogens is 368 g/mol. The molecular formula is C19H20N2O7. The van der Waals surface area contributed by atoms with E-state index in [9.17, 15) is 24.0 Å². The number of aliphatic carboxylic acids is 1. The maximum Gasteiger partial charge on any atom is 0.305 e. The standard InChI is InChI=1S/C19H20N2O7/c22-14-7-6-13(17(25)20-14)21-18(26)12-5-1-3-11(16(12)19(21)27)4-2-9-28-10-8-15(23)24/h1,3,5,13H,2,4,6-10H2,(H,23,24)(H,20,22,25). The number of nitrogens with zero attached hydrogens (tertiary/aromatic N) is 1. The van der Waals surface area contributed by atoms with Gasteiger partial charge in [-0.15, -0.1) is 0 Å². The van der Waals surface area contributed by atoms with Gasteiger partial charge in [-0.3, -0.25) is 34.2 Å². The third-order valence-electron chi connectivity index (χ3n) is 4.75. The van der Waals surface area contributed by atoms with Crippen LogP contribution in [-0.4, -0.2) is 58.9 Å². The van der Waals surface area contributed by atoms with Gasteiger partial charge in [0.25, 0.3) is 11.8 Å². The Morgan fingerprint density at radius 2 is 1.96 bits per heavy atom. The molecule has 0 saturated carbocycles. The van der Waals surface area contributed by atoms with Gasteiger partial charge >= 0.3 is 5.97 Å². The predicted molar refractivity (Wildman–Crippen MR) is 94.5 cm³/mol. The molecule has 28 heavy (non-hydrogen) atoms. The summed E-state index contributed by atoms with van der Waals surface area (Å²) in [5.74, 6) is -3.05. The van der Waals surface area contributed by atoms with Crippen molar-refractivity contribution in [1.82, 2.24) is 10.2 Å². The van der Waals surface area contributed by atoms with Crippen LogP contribution in [0, 0.1) is 0 Å². The summed E-state index contributed by atoms with van der Waals surface area (Å²) in [4.78, 5) is 60.5. The van der Waals surface area contributed by atoms with E-state index in [0.717, 1.165) is 4.90 Å². The number of benzene rings is 1. The number of ether oxygens (including phenoxy) is 1. The van der Waals surface area contributed by atoms with Crippen LogP contribution in [0.25, 0.3) is 0 Å². The van der Waals surface area contributed by atoms with Crippen LogP contribution < -0.4 is 5.32 Å². The number of piperidine rings is 1. The number of carboxylic acids is 1. The third-order valence-corrected chi connectivity index (χ3v) is 4.75. The molecule has 4 amide bonds. The number of carbonyl (C=O) groups excluding carboxylic acids is 4. The fourth-order valence-electron chi connectivity index (χ4n) is 3.42. The van der Waals surface area contributed by atoms with Crippen molar-refractivity contribution in [1.29, 1.82) is 0 Å². The van der Waals surface area contributed by atoms with Crippen molar-refractivity contribution in [3.8, 4) is 0 Å². The van der Waals surface area contributed by atoms with Gasteiger partial charge in [0.05, 0.1) is 24.2 Å². The highest BCUT2D eigenvalue weighted by Crippen LogP contribution is 2.30. The minimum Gasteiger partial charge on any atom is -0.481 e. The first-order valence-electron chi connectivity index (χ1n) is 9.03. The summed E-state index contributed by atoms with van der Waals surface area (Å²) in [6.07, 6.45) is 1.14. The molecule has 2 aliphatic heterocycles. The Balaban J connectivity index is 1.69. The van der Waals surface area contributed by atoms with Gasteiger partial charge < -0.3 is 9.84 Å². The lowest BCUT2D eigenvalue weighted by atomic mass is 9.99. The van der Waals surface area contributed by atoms with Crippen molar-refractivity contribution in [2.75, 3.05) is 13.2 Å². The molecule has 1 atom stereocenters. The van der Waals surface area contributed by atoms with Crippen molar-refractivity contribution >= 4 is 29.6 Å². The summed E-state index contributed by atoms with van der Waals surface area (Å²) in [6.45, 7) is 0.443. The molecule has 1 saturated heterocycles.